The molecule has 1 unspecified atom stereocenters. The van der Waals surface area contributed by atoms with Crippen molar-refractivity contribution in [3.05, 3.63) is 0 Å². The first kappa shape index (κ1) is 14.0. The molecule has 96 valence electrons. The summed E-state index contributed by atoms with van der Waals surface area (Å²) in [5.74, 6) is 0.534. The molecular weight excluding hydrogens is 222 g/mol. The van der Waals surface area contributed by atoms with Gasteiger partial charge in [-0.05, 0) is 31.1 Å². The van der Waals surface area contributed by atoms with Gasteiger partial charge in [-0.2, -0.15) is 0 Å². The van der Waals surface area contributed by atoms with E-state index in [1.807, 2.05) is 0 Å². The van der Waals surface area contributed by atoms with Gasteiger partial charge in [-0.3, -0.25) is 0 Å². The largest absolute Gasteiger partial charge is 0.325 e. The fourth-order valence-electron chi connectivity index (χ4n) is 2.65. The van der Waals surface area contributed by atoms with E-state index < -0.39 is 9.84 Å². The van der Waals surface area contributed by atoms with E-state index in [0.29, 0.717) is 12.2 Å². The molecule has 1 fully saturated rings. The molecule has 1 aliphatic rings. The Labute approximate surface area is 99.7 Å². The Bertz CT molecular complexity index is 335. The van der Waals surface area contributed by atoms with Gasteiger partial charge in [-0.1, -0.05) is 27.2 Å². The maximum atomic E-state index is 11.4. The van der Waals surface area contributed by atoms with Crippen LogP contribution in [0.1, 0.15) is 52.9 Å². The van der Waals surface area contributed by atoms with Crippen molar-refractivity contribution in [3.8, 4) is 0 Å². The summed E-state index contributed by atoms with van der Waals surface area (Å²) < 4.78 is 22.8. The summed E-state index contributed by atoms with van der Waals surface area (Å²) in [5.41, 5.74) is 6.41. The van der Waals surface area contributed by atoms with Crippen LogP contribution in [0.5, 0.6) is 0 Å². The highest BCUT2D eigenvalue weighted by atomic mass is 32.2. The molecule has 2 N–H and O–H groups in total. The SMILES string of the molecule is CCS(=O)(=O)CCCC1(N)CCCC1(C)C. The summed E-state index contributed by atoms with van der Waals surface area (Å²) in [6.07, 6.45) is 4.90. The average Bonchev–Trinajstić information content (AvgIpc) is 2.41. The molecule has 0 bridgehead atoms. The molecule has 0 aromatic carbocycles. The Balaban J connectivity index is 2.50. The second kappa shape index (κ2) is 4.65. The molecule has 0 radical (unpaired) electrons. The maximum absolute atomic E-state index is 11.4. The lowest BCUT2D eigenvalue weighted by Crippen LogP contribution is -2.48. The van der Waals surface area contributed by atoms with Crippen molar-refractivity contribution in [3.63, 3.8) is 0 Å². The lowest BCUT2D eigenvalue weighted by molar-refractivity contribution is 0.194. The smallest absolute Gasteiger partial charge is 0.150 e. The first-order valence-electron chi connectivity index (χ1n) is 6.22. The van der Waals surface area contributed by atoms with Crippen molar-refractivity contribution >= 4 is 9.84 Å². The Morgan fingerprint density at radius 1 is 1.25 bits per heavy atom. The highest BCUT2D eigenvalue weighted by Crippen LogP contribution is 2.46. The average molecular weight is 247 g/mol. The van der Waals surface area contributed by atoms with Crippen LogP contribution in [0.3, 0.4) is 0 Å². The van der Waals surface area contributed by atoms with E-state index in [4.69, 9.17) is 5.73 Å². The van der Waals surface area contributed by atoms with Gasteiger partial charge in [0, 0.05) is 11.3 Å². The van der Waals surface area contributed by atoms with Gasteiger partial charge in [0.05, 0.1) is 5.75 Å². The van der Waals surface area contributed by atoms with Crippen molar-refractivity contribution in [1.82, 2.24) is 0 Å². The van der Waals surface area contributed by atoms with Gasteiger partial charge in [-0.25, -0.2) is 8.42 Å². The topological polar surface area (TPSA) is 60.2 Å². The number of sulfone groups is 1. The van der Waals surface area contributed by atoms with Gasteiger partial charge < -0.3 is 5.73 Å². The summed E-state index contributed by atoms with van der Waals surface area (Å²) >= 11 is 0. The molecule has 0 heterocycles. The summed E-state index contributed by atoms with van der Waals surface area (Å²) in [7, 11) is -2.83. The molecule has 1 saturated carbocycles. The van der Waals surface area contributed by atoms with E-state index in [9.17, 15) is 8.42 Å². The van der Waals surface area contributed by atoms with E-state index in [1.165, 1.54) is 6.42 Å². The predicted molar refractivity (Wildman–Crippen MR) is 68.1 cm³/mol. The number of hydrogen-bond acceptors (Lipinski definition) is 3. The number of rotatable bonds is 5. The molecule has 0 aliphatic heterocycles. The van der Waals surface area contributed by atoms with Gasteiger partial charge >= 0.3 is 0 Å². The second-order valence-corrected chi connectivity index (χ2v) is 8.21. The van der Waals surface area contributed by atoms with Crippen LogP contribution in [0.4, 0.5) is 0 Å². The van der Waals surface area contributed by atoms with Gasteiger partial charge in [0.25, 0.3) is 0 Å². The lowest BCUT2D eigenvalue weighted by atomic mass is 9.73. The molecule has 1 atom stereocenters. The van der Waals surface area contributed by atoms with Gasteiger partial charge in [0.15, 0.2) is 0 Å². The normalized spacial score (nSPS) is 29.5. The fraction of sp³-hybridized carbons (Fsp3) is 1.00. The standard InChI is InChI=1S/C12H25NO2S/c1-4-16(14,15)10-6-9-12(13)8-5-7-11(12,2)3/h4-10,13H2,1-3H3. The van der Waals surface area contributed by atoms with Crippen LogP contribution in [-0.2, 0) is 9.84 Å². The van der Waals surface area contributed by atoms with Crippen molar-refractivity contribution < 1.29 is 8.42 Å². The molecule has 0 aromatic heterocycles. The quantitative estimate of drug-likeness (QED) is 0.809. The summed E-state index contributed by atoms with van der Waals surface area (Å²) in [6.45, 7) is 6.11. The summed E-state index contributed by atoms with van der Waals surface area (Å²) in [5, 5.41) is 0. The van der Waals surface area contributed by atoms with Gasteiger partial charge in [0.1, 0.15) is 9.84 Å². The monoisotopic (exact) mass is 247 g/mol. The molecule has 0 saturated heterocycles. The number of hydrogen-bond donors (Lipinski definition) is 1. The highest BCUT2D eigenvalue weighted by Gasteiger charge is 2.45. The molecule has 0 spiro atoms. The van der Waals surface area contributed by atoms with Gasteiger partial charge in [0.2, 0.25) is 0 Å². The minimum atomic E-state index is -2.83. The predicted octanol–water partition coefficient (Wildman–Crippen LogP) is 2.11. The van der Waals surface area contributed by atoms with E-state index in [0.717, 1.165) is 19.3 Å². The van der Waals surface area contributed by atoms with Crippen LogP contribution in [-0.4, -0.2) is 25.5 Å². The molecule has 1 rings (SSSR count). The lowest BCUT2D eigenvalue weighted by Gasteiger charge is -2.38. The Hall–Kier alpha value is -0.0900. The third kappa shape index (κ3) is 2.98. The van der Waals surface area contributed by atoms with E-state index in [2.05, 4.69) is 13.8 Å². The number of nitrogens with two attached hydrogens (primary N) is 1. The Kier molecular flexibility index (Phi) is 4.06. The molecule has 3 nitrogen and oxygen atoms in total. The molecule has 1 aliphatic carbocycles. The zero-order valence-electron chi connectivity index (χ0n) is 10.8. The molecule has 4 heteroatoms. The van der Waals surface area contributed by atoms with E-state index in [-0.39, 0.29) is 16.7 Å². The van der Waals surface area contributed by atoms with Crippen LogP contribution >= 0.6 is 0 Å². The summed E-state index contributed by atoms with van der Waals surface area (Å²) in [4.78, 5) is 0. The van der Waals surface area contributed by atoms with Crippen LogP contribution in [0.25, 0.3) is 0 Å². The fourth-order valence-corrected chi connectivity index (χ4v) is 3.52. The van der Waals surface area contributed by atoms with Crippen molar-refractivity contribution in [2.45, 2.75) is 58.4 Å². The third-order valence-corrected chi connectivity index (χ3v) is 6.08. The molecule has 16 heavy (non-hydrogen) atoms. The van der Waals surface area contributed by atoms with E-state index in [1.54, 1.807) is 6.92 Å². The molecular formula is C12H25NO2S. The highest BCUT2D eigenvalue weighted by molar-refractivity contribution is 7.91. The van der Waals surface area contributed by atoms with Crippen LogP contribution < -0.4 is 5.73 Å². The van der Waals surface area contributed by atoms with Crippen molar-refractivity contribution in [2.24, 2.45) is 11.1 Å². The zero-order valence-corrected chi connectivity index (χ0v) is 11.6. The van der Waals surface area contributed by atoms with Crippen LogP contribution in [0, 0.1) is 5.41 Å². The van der Waals surface area contributed by atoms with Crippen molar-refractivity contribution in [1.29, 1.82) is 0 Å². The maximum Gasteiger partial charge on any atom is 0.150 e. The van der Waals surface area contributed by atoms with Gasteiger partial charge in [-0.15, -0.1) is 0 Å². The molecule has 0 aromatic rings. The molecule has 0 amide bonds. The Morgan fingerprint density at radius 2 is 1.88 bits per heavy atom. The van der Waals surface area contributed by atoms with Crippen LogP contribution in [0.2, 0.25) is 0 Å². The van der Waals surface area contributed by atoms with E-state index >= 15 is 0 Å². The minimum absolute atomic E-state index is 0.156. The zero-order chi connectivity index (χ0) is 12.4. The minimum Gasteiger partial charge on any atom is -0.325 e. The first-order valence-corrected chi connectivity index (χ1v) is 8.04. The van der Waals surface area contributed by atoms with Crippen molar-refractivity contribution in [2.75, 3.05) is 11.5 Å². The second-order valence-electron chi connectivity index (χ2n) is 5.73. The summed E-state index contributed by atoms with van der Waals surface area (Å²) in [6, 6.07) is 0. The Morgan fingerprint density at radius 3 is 2.31 bits per heavy atom. The first-order chi connectivity index (χ1) is 7.22. The third-order valence-electron chi connectivity index (χ3n) is 4.29. The van der Waals surface area contributed by atoms with Crippen LogP contribution in [0.15, 0.2) is 0 Å².